The Morgan fingerprint density at radius 3 is 2.86 bits per heavy atom. The summed E-state index contributed by atoms with van der Waals surface area (Å²) in [6.07, 6.45) is 2.85. The predicted molar refractivity (Wildman–Crippen MR) is 84.7 cm³/mol. The minimum atomic E-state index is -0.311. The van der Waals surface area contributed by atoms with Gasteiger partial charge in [-0.1, -0.05) is 11.3 Å². The number of anilines is 1. The molecule has 0 unspecified atom stereocenters. The third kappa shape index (κ3) is 2.82. The van der Waals surface area contributed by atoms with Gasteiger partial charge in [0, 0.05) is 20.2 Å². The number of hydrogen-bond acceptors (Lipinski definition) is 7. The number of aromatic nitrogens is 3. The Balaban J connectivity index is 1.87. The summed E-state index contributed by atoms with van der Waals surface area (Å²) < 4.78 is 6.67. The number of amides is 1. The number of rotatable bonds is 4. The molecule has 2 heterocycles. The Morgan fingerprint density at radius 1 is 1.23 bits per heavy atom. The molecule has 0 aliphatic heterocycles. The van der Waals surface area contributed by atoms with Crippen LogP contribution in [0.1, 0.15) is 10.5 Å². The number of thiazole rings is 1. The van der Waals surface area contributed by atoms with Gasteiger partial charge in [-0.2, -0.15) is 0 Å². The van der Waals surface area contributed by atoms with E-state index in [4.69, 9.17) is 4.74 Å². The number of ether oxygens (including phenoxy) is 1. The zero-order valence-corrected chi connectivity index (χ0v) is 12.8. The molecule has 0 fully saturated rings. The SMILES string of the molecule is CNC(=O)c1cncc(Oc2ccc3nc(NC)sc3c2)n1. The molecule has 0 atom stereocenters. The second-order valence-corrected chi connectivity index (χ2v) is 5.35. The fourth-order valence-electron chi connectivity index (χ4n) is 1.83. The second kappa shape index (κ2) is 5.94. The minimum Gasteiger partial charge on any atom is -0.437 e. The van der Waals surface area contributed by atoms with Crippen molar-refractivity contribution < 1.29 is 9.53 Å². The molecule has 22 heavy (non-hydrogen) atoms. The van der Waals surface area contributed by atoms with Crippen LogP contribution in [0.15, 0.2) is 30.6 Å². The molecule has 0 bridgehead atoms. The summed E-state index contributed by atoms with van der Waals surface area (Å²) in [7, 11) is 3.36. The second-order valence-electron chi connectivity index (χ2n) is 4.32. The number of hydrogen-bond donors (Lipinski definition) is 2. The lowest BCUT2D eigenvalue weighted by atomic mass is 10.3. The molecule has 0 aliphatic rings. The van der Waals surface area contributed by atoms with Crippen molar-refractivity contribution in [3.05, 3.63) is 36.3 Å². The maximum atomic E-state index is 11.5. The van der Waals surface area contributed by atoms with Crippen molar-refractivity contribution in [2.45, 2.75) is 0 Å². The molecular formula is C14H13N5O2S. The molecule has 0 spiro atoms. The summed E-state index contributed by atoms with van der Waals surface area (Å²) in [5.41, 5.74) is 1.10. The van der Waals surface area contributed by atoms with E-state index in [2.05, 4.69) is 25.6 Å². The average molecular weight is 315 g/mol. The van der Waals surface area contributed by atoms with Gasteiger partial charge in [-0.15, -0.1) is 0 Å². The summed E-state index contributed by atoms with van der Waals surface area (Å²) >= 11 is 1.53. The van der Waals surface area contributed by atoms with E-state index in [0.29, 0.717) is 5.75 Å². The Hall–Kier alpha value is -2.74. The standard InChI is InChI=1S/C14H13N5O2S/c1-15-13(20)10-6-17-7-12(18-10)21-8-3-4-9-11(5-8)22-14(16-2)19-9/h3-7H,1-2H3,(H,15,20)(H,16,19). The van der Waals surface area contributed by atoms with E-state index >= 15 is 0 Å². The van der Waals surface area contributed by atoms with Crippen LogP contribution < -0.4 is 15.4 Å². The lowest BCUT2D eigenvalue weighted by Crippen LogP contribution is -2.19. The lowest BCUT2D eigenvalue weighted by Gasteiger charge is -2.05. The van der Waals surface area contributed by atoms with Crippen LogP contribution in [-0.4, -0.2) is 35.0 Å². The van der Waals surface area contributed by atoms with E-state index in [1.54, 1.807) is 6.07 Å². The number of nitrogens with one attached hydrogen (secondary N) is 2. The molecule has 112 valence electrons. The van der Waals surface area contributed by atoms with Gasteiger partial charge in [0.1, 0.15) is 11.4 Å². The van der Waals surface area contributed by atoms with E-state index in [0.717, 1.165) is 15.3 Å². The third-order valence-electron chi connectivity index (χ3n) is 2.87. The molecule has 0 saturated heterocycles. The van der Waals surface area contributed by atoms with Crippen molar-refractivity contribution in [2.75, 3.05) is 19.4 Å². The smallest absolute Gasteiger partial charge is 0.271 e. The molecule has 8 heteroatoms. The van der Waals surface area contributed by atoms with Crippen LogP contribution in [0, 0.1) is 0 Å². The van der Waals surface area contributed by atoms with Gasteiger partial charge in [-0.3, -0.25) is 9.78 Å². The first kappa shape index (κ1) is 14.2. The maximum absolute atomic E-state index is 11.5. The van der Waals surface area contributed by atoms with E-state index in [1.165, 1.54) is 30.8 Å². The van der Waals surface area contributed by atoms with Crippen LogP contribution in [0.2, 0.25) is 0 Å². The molecule has 0 aliphatic carbocycles. The van der Waals surface area contributed by atoms with Gasteiger partial charge >= 0.3 is 0 Å². The van der Waals surface area contributed by atoms with Gasteiger partial charge in [0.25, 0.3) is 5.91 Å². The van der Waals surface area contributed by atoms with Crippen LogP contribution >= 0.6 is 11.3 Å². The van der Waals surface area contributed by atoms with Gasteiger partial charge in [0.15, 0.2) is 5.13 Å². The number of carbonyl (C=O) groups excluding carboxylic acids is 1. The zero-order chi connectivity index (χ0) is 15.5. The summed E-state index contributed by atoms with van der Waals surface area (Å²) in [4.78, 5) is 24.0. The summed E-state index contributed by atoms with van der Waals surface area (Å²) in [5, 5.41) is 6.35. The number of benzene rings is 1. The topological polar surface area (TPSA) is 89.0 Å². The highest BCUT2D eigenvalue weighted by Gasteiger charge is 2.09. The first-order chi connectivity index (χ1) is 10.7. The van der Waals surface area contributed by atoms with Gasteiger partial charge < -0.3 is 15.4 Å². The van der Waals surface area contributed by atoms with E-state index in [1.807, 2.05) is 19.2 Å². The van der Waals surface area contributed by atoms with Crippen molar-refractivity contribution in [2.24, 2.45) is 0 Å². The van der Waals surface area contributed by atoms with Crippen molar-refractivity contribution >= 4 is 32.6 Å². The highest BCUT2D eigenvalue weighted by atomic mass is 32.1. The van der Waals surface area contributed by atoms with Gasteiger partial charge in [-0.25, -0.2) is 9.97 Å². The summed E-state index contributed by atoms with van der Waals surface area (Å²) in [5.74, 6) is 0.565. The maximum Gasteiger partial charge on any atom is 0.271 e. The van der Waals surface area contributed by atoms with E-state index < -0.39 is 0 Å². The number of fused-ring (bicyclic) bond motifs is 1. The molecule has 2 aromatic heterocycles. The average Bonchev–Trinajstić information content (AvgIpc) is 2.96. The minimum absolute atomic E-state index is 0.205. The summed E-state index contributed by atoms with van der Waals surface area (Å²) in [6.45, 7) is 0. The van der Waals surface area contributed by atoms with Gasteiger partial charge in [0.2, 0.25) is 5.88 Å². The van der Waals surface area contributed by atoms with Crippen LogP contribution in [0.4, 0.5) is 5.13 Å². The van der Waals surface area contributed by atoms with Crippen LogP contribution in [-0.2, 0) is 0 Å². The normalized spacial score (nSPS) is 10.5. The lowest BCUT2D eigenvalue weighted by molar-refractivity contribution is 0.0957. The Labute approximate surface area is 130 Å². The molecule has 1 aromatic carbocycles. The zero-order valence-electron chi connectivity index (χ0n) is 12.0. The van der Waals surface area contributed by atoms with Crippen LogP contribution in [0.5, 0.6) is 11.6 Å². The predicted octanol–water partition coefficient (Wildman–Crippen LogP) is 2.28. The first-order valence-electron chi connectivity index (χ1n) is 6.50. The fourth-order valence-corrected chi connectivity index (χ4v) is 2.68. The van der Waals surface area contributed by atoms with Crippen molar-refractivity contribution in [1.82, 2.24) is 20.3 Å². The monoisotopic (exact) mass is 315 g/mol. The fraction of sp³-hybridized carbons (Fsp3) is 0.143. The molecule has 3 aromatic rings. The number of carbonyl (C=O) groups is 1. The van der Waals surface area contributed by atoms with Crippen molar-refractivity contribution in [3.8, 4) is 11.6 Å². The molecule has 7 nitrogen and oxygen atoms in total. The summed E-state index contributed by atoms with van der Waals surface area (Å²) in [6, 6.07) is 5.55. The van der Waals surface area contributed by atoms with Crippen molar-refractivity contribution in [1.29, 1.82) is 0 Å². The first-order valence-corrected chi connectivity index (χ1v) is 7.31. The largest absolute Gasteiger partial charge is 0.437 e. The molecule has 0 saturated carbocycles. The molecular weight excluding hydrogens is 302 g/mol. The highest BCUT2D eigenvalue weighted by molar-refractivity contribution is 7.22. The molecule has 3 rings (SSSR count). The Kier molecular flexibility index (Phi) is 3.84. The quantitative estimate of drug-likeness (QED) is 0.768. The van der Waals surface area contributed by atoms with Crippen LogP contribution in [0.25, 0.3) is 10.2 Å². The number of nitrogens with zero attached hydrogens (tertiary/aromatic N) is 3. The third-order valence-corrected chi connectivity index (χ3v) is 3.90. The Morgan fingerprint density at radius 2 is 2.09 bits per heavy atom. The van der Waals surface area contributed by atoms with E-state index in [9.17, 15) is 4.79 Å². The van der Waals surface area contributed by atoms with Gasteiger partial charge in [0.05, 0.1) is 22.6 Å². The highest BCUT2D eigenvalue weighted by Crippen LogP contribution is 2.30. The van der Waals surface area contributed by atoms with Crippen molar-refractivity contribution in [3.63, 3.8) is 0 Å². The Bertz CT molecular complexity index is 833. The molecule has 2 N–H and O–H groups in total. The van der Waals surface area contributed by atoms with E-state index in [-0.39, 0.29) is 17.5 Å². The van der Waals surface area contributed by atoms with Crippen LogP contribution in [0.3, 0.4) is 0 Å². The molecule has 0 radical (unpaired) electrons. The van der Waals surface area contributed by atoms with Gasteiger partial charge in [-0.05, 0) is 12.1 Å². The molecule has 1 amide bonds.